The van der Waals surface area contributed by atoms with Crippen molar-refractivity contribution in [2.24, 2.45) is 0 Å². The monoisotopic (exact) mass is 247 g/mol. The summed E-state index contributed by atoms with van der Waals surface area (Å²) < 4.78 is 25.7. The Hall–Kier alpha value is -0.920. The zero-order chi connectivity index (χ0) is 12.4. The average molecular weight is 247 g/mol. The van der Waals surface area contributed by atoms with Crippen molar-refractivity contribution >= 4 is 10.0 Å². The van der Waals surface area contributed by atoms with E-state index in [1.54, 1.807) is 0 Å². The van der Waals surface area contributed by atoms with Gasteiger partial charge in [0.15, 0.2) is 5.03 Å². The molecule has 0 fully saturated rings. The van der Waals surface area contributed by atoms with Gasteiger partial charge < -0.3 is 10.1 Å². The molecule has 0 saturated heterocycles. The molecule has 0 bridgehead atoms. The SMILES string of the molecule is CCc1ncc(S(=O)(=O)NCC(C)(C)O)[nH]1. The summed E-state index contributed by atoms with van der Waals surface area (Å²) in [6, 6.07) is 0. The fourth-order valence-electron chi connectivity index (χ4n) is 1.01. The second kappa shape index (κ2) is 4.52. The van der Waals surface area contributed by atoms with Crippen LogP contribution in [0.4, 0.5) is 0 Å². The third-order valence-corrected chi connectivity index (χ3v) is 3.24. The quantitative estimate of drug-likeness (QED) is 0.683. The standard InChI is InChI=1S/C9H17N3O3S/c1-4-7-10-5-8(12-7)16(14,15)11-6-9(2,3)13/h5,11,13H,4,6H2,1-3H3,(H,10,12). The van der Waals surface area contributed by atoms with Crippen molar-refractivity contribution in [3.63, 3.8) is 0 Å². The van der Waals surface area contributed by atoms with Gasteiger partial charge in [-0.05, 0) is 13.8 Å². The van der Waals surface area contributed by atoms with E-state index in [4.69, 9.17) is 0 Å². The number of imidazole rings is 1. The highest BCUT2D eigenvalue weighted by molar-refractivity contribution is 7.89. The lowest BCUT2D eigenvalue weighted by atomic mass is 10.1. The summed E-state index contributed by atoms with van der Waals surface area (Å²) in [5, 5.41) is 9.45. The number of nitrogens with one attached hydrogen (secondary N) is 2. The van der Waals surface area contributed by atoms with E-state index in [-0.39, 0.29) is 11.6 Å². The van der Waals surface area contributed by atoms with Crippen LogP contribution in [0.2, 0.25) is 0 Å². The molecule has 0 radical (unpaired) electrons. The zero-order valence-electron chi connectivity index (χ0n) is 9.61. The van der Waals surface area contributed by atoms with Crippen LogP contribution < -0.4 is 4.72 Å². The lowest BCUT2D eigenvalue weighted by Gasteiger charge is -2.17. The number of aryl methyl sites for hydroxylation is 1. The van der Waals surface area contributed by atoms with Crippen LogP contribution in [0.3, 0.4) is 0 Å². The topological polar surface area (TPSA) is 95.1 Å². The van der Waals surface area contributed by atoms with Crippen LogP contribution in [0.15, 0.2) is 11.2 Å². The maximum atomic E-state index is 11.7. The van der Waals surface area contributed by atoms with Gasteiger partial charge >= 0.3 is 0 Å². The highest BCUT2D eigenvalue weighted by atomic mass is 32.2. The Bertz CT molecular complexity index is 445. The summed E-state index contributed by atoms with van der Waals surface area (Å²) in [4.78, 5) is 6.60. The van der Waals surface area contributed by atoms with E-state index in [1.165, 1.54) is 20.0 Å². The minimum atomic E-state index is -3.61. The van der Waals surface area contributed by atoms with Crippen molar-refractivity contribution in [2.75, 3.05) is 6.54 Å². The van der Waals surface area contributed by atoms with Crippen LogP contribution >= 0.6 is 0 Å². The van der Waals surface area contributed by atoms with E-state index in [1.807, 2.05) is 6.92 Å². The number of aliphatic hydroxyl groups is 1. The first-order valence-electron chi connectivity index (χ1n) is 5.00. The van der Waals surface area contributed by atoms with Crippen LogP contribution in [-0.4, -0.2) is 35.6 Å². The molecule has 1 rings (SSSR count). The first-order valence-corrected chi connectivity index (χ1v) is 6.49. The zero-order valence-corrected chi connectivity index (χ0v) is 10.4. The average Bonchev–Trinajstić information content (AvgIpc) is 2.62. The number of sulfonamides is 1. The minimum Gasteiger partial charge on any atom is -0.389 e. The van der Waals surface area contributed by atoms with Gasteiger partial charge in [0.25, 0.3) is 10.0 Å². The van der Waals surface area contributed by atoms with Crippen molar-refractivity contribution in [1.82, 2.24) is 14.7 Å². The first kappa shape index (κ1) is 13.1. The van der Waals surface area contributed by atoms with Crippen molar-refractivity contribution in [3.05, 3.63) is 12.0 Å². The second-order valence-corrected chi connectivity index (χ2v) is 5.92. The Balaban J connectivity index is 2.78. The van der Waals surface area contributed by atoms with Gasteiger partial charge in [-0.15, -0.1) is 0 Å². The molecule has 0 aromatic carbocycles. The summed E-state index contributed by atoms with van der Waals surface area (Å²) in [7, 11) is -3.61. The molecular formula is C9H17N3O3S. The number of rotatable bonds is 5. The lowest BCUT2D eigenvalue weighted by Crippen LogP contribution is -2.38. The molecule has 6 nitrogen and oxygen atoms in total. The van der Waals surface area contributed by atoms with Crippen LogP contribution in [0.5, 0.6) is 0 Å². The maximum Gasteiger partial charge on any atom is 0.257 e. The molecule has 7 heteroatoms. The lowest BCUT2D eigenvalue weighted by molar-refractivity contribution is 0.0857. The van der Waals surface area contributed by atoms with Gasteiger partial charge in [-0.3, -0.25) is 0 Å². The Morgan fingerprint density at radius 1 is 1.56 bits per heavy atom. The fraction of sp³-hybridized carbons (Fsp3) is 0.667. The normalized spacial score (nSPS) is 13.0. The van der Waals surface area contributed by atoms with E-state index in [0.717, 1.165) is 0 Å². The number of nitrogens with zero attached hydrogens (tertiary/aromatic N) is 1. The molecular weight excluding hydrogens is 230 g/mol. The number of H-pyrrole nitrogens is 1. The second-order valence-electron chi connectivity index (χ2n) is 4.18. The molecule has 0 aliphatic rings. The maximum absolute atomic E-state index is 11.7. The van der Waals surface area contributed by atoms with E-state index >= 15 is 0 Å². The molecule has 0 atom stereocenters. The van der Waals surface area contributed by atoms with Gasteiger partial charge in [-0.1, -0.05) is 6.92 Å². The highest BCUT2D eigenvalue weighted by Gasteiger charge is 2.21. The Kier molecular flexibility index (Phi) is 3.72. The van der Waals surface area contributed by atoms with Crippen molar-refractivity contribution in [1.29, 1.82) is 0 Å². The molecule has 0 aliphatic heterocycles. The molecule has 0 aliphatic carbocycles. The van der Waals surface area contributed by atoms with Gasteiger partial charge in [0.05, 0.1) is 11.8 Å². The summed E-state index contributed by atoms with van der Waals surface area (Å²) in [6.07, 6.45) is 1.91. The third-order valence-electron chi connectivity index (χ3n) is 1.92. The highest BCUT2D eigenvalue weighted by Crippen LogP contribution is 2.07. The summed E-state index contributed by atoms with van der Waals surface area (Å²) in [5.41, 5.74) is -1.08. The molecule has 3 N–H and O–H groups in total. The minimum absolute atomic E-state index is 0.0219. The van der Waals surface area contributed by atoms with Gasteiger partial charge in [0.1, 0.15) is 5.82 Å². The first-order chi connectivity index (χ1) is 7.24. The van der Waals surface area contributed by atoms with Gasteiger partial charge in [-0.25, -0.2) is 18.1 Å². The van der Waals surface area contributed by atoms with Crippen molar-refractivity contribution < 1.29 is 13.5 Å². The molecule has 1 aromatic heterocycles. The van der Waals surface area contributed by atoms with Gasteiger partial charge in [-0.2, -0.15) is 0 Å². The molecule has 1 heterocycles. The van der Waals surface area contributed by atoms with Crippen LogP contribution in [0, 0.1) is 0 Å². The van der Waals surface area contributed by atoms with Crippen LogP contribution in [0.25, 0.3) is 0 Å². The molecule has 0 unspecified atom stereocenters. The molecule has 0 saturated carbocycles. The van der Waals surface area contributed by atoms with Gasteiger partial charge in [0.2, 0.25) is 0 Å². The Morgan fingerprint density at radius 3 is 2.62 bits per heavy atom. The van der Waals surface area contributed by atoms with E-state index in [9.17, 15) is 13.5 Å². The van der Waals surface area contributed by atoms with E-state index in [0.29, 0.717) is 12.2 Å². The van der Waals surface area contributed by atoms with Crippen LogP contribution in [0.1, 0.15) is 26.6 Å². The summed E-state index contributed by atoms with van der Waals surface area (Å²) in [5.74, 6) is 0.614. The third kappa shape index (κ3) is 3.58. The van der Waals surface area contributed by atoms with Crippen molar-refractivity contribution in [3.8, 4) is 0 Å². The Morgan fingerprint density at radius 2 is 2.19 bits per heavy atom. The summed E-state index contributed by atoms with van der Waals surface area (Å²) in [6.45, 7) is 4.88. The number of aromatic nitrogens is 2. The Labute approximate surface area is 95.2 Å². The fourth-order valence-corrected chi connectivity index (χ4v) is 2.15. The molecule has 1 aromatic rings. The summed E-state index contributed by atoms with van der Waals surface area (Å²) >= 11 is 0. The predicted octanol–water partition coefficient (Wildman–Crippen LogP) is 0.0213. The predicted molar refractivity (Wildman–Crippen MR) is 59.5 cm³/mol. The van der Waals surface area contributed by atoms with E-state index < -0.39 is 15.6 Å². The molecule has 16 heavy (non-hydrogen) atoms. The van der Waals surface area contributed by atoms with Gasteiger partial charge in [0, 0.05) is 13.0 Å². The molecule has 92 valence electrons. The molecule has 0 amide bonds. The number of aromatic amines is 1. The van der Waals surface area contributed by atoms with E-state index in [2.05, 4.69) is 14.7 Å². The largest absolute Gasteiger partial charge is 0.389 e. The smallest absolute Gasteiger partial charge is 0.257 e. The number of hydrogen-bond donors (Lipinski definition) is 3. The molecule has 0 spiro atoms. The van der Waals surface area contributed by atoms with Crippen LogP contribution in [-0.2, 0) is 16.4 Å². The number of hydrogen-bond acceptors (Lipinski definition) is 4. The van der Waals surface area contributed by atoms with Crippen molar-refractivity contribution in [2.45, 2.75) is 37.8 Å².